The maximum atomic E-state index is 11.8. The van der Waals surface area contributed by atoms with E-state index in [9.17, 15) is 14.9 Å². The number of hydrogen-bond acceptors (Lipinski definition) is 3. The van der Waals surface area contributed by atoms with Crippen LogP contribution in [-0.2, 0) is 12.4 Å². The first-order chi connectivity index (χ1) is 9.60. The van der Waals surface area contributed by atoms with Gasteiger partial charge in [0.1, 0.15) is 0 Å². The molecule has 0 saturated carbocycles. The van der Waals surface area contributed by atoms with E-state index >= 15 is 0 Å². The number of rotatable bonds is 5. The van der Waals surface area contributed by atoms with Crippen LogP contribution in [0.3, 0.4) is 0 Å². The summed E-state index contributed by atoms with van der Waals surface area (Å²) in [5.74, 6) is -0.196. The van der Waals surface area contributed by atoms with E-state index < -0.39 is 10.8 Å². The lowest BCUT2D eigenvalue weighted by Gasteiger charge is -2.04. The molecule has 0 fully saturated rings. The average Bonchev–Trinajstić information content (AvgIpc) is 2.95. The van der Waals surface area contributed by atoms with Gasteiger partial charge in [0.05, 0.1) is 0 Å². The topological polar surface area (TPSA) is 88.0 Å². The van der Waals surface area contributed by atoms with Gasteiger partial charge in [-0.25, -0.2) is 4.98 Å². The summed E-state index contributed by atoms with van der Waals surface area (Å²) in [6.45, 7) is 0.330. The fraction of sp³-hybridized carbons (Fsp3) is 0.154. The minimum absolute atomic E-state index is 0.158. The standard InChI is InChI=1S/C13H12ClN3O3/c14-7-9-2-1-3-10(6-9)8-15-13(18)11-4-5-12(16-11)17(19)20/h1-6,16H,7-8H2,(H,15,18). The molecule has 0 unspecified atom stereocenters. The van der Waals surface area contributed by atoms with Gasteiger partial charge in [-0.1, -0.05) is 24.3 Å². The van der Waals surface area contributed by atoms with Gasteiger partial charge in [-0.15, -0.1) is 11.6 Å². The number of alkyl halides is 1. The van der Waals surface area contributed by atoms with Crippen LogP contribution < -0.4 is 5.32 Å². The molecule has 2 N–H and O–H groups in total. The summed E-state index contributed by atoms with van der Waals surface area (Å²) in [4.78, 5) is 24.2. The van der Waals surface area contributed by atoms with E-state index in [4.69, 9.17) is 11.6 Å². The Labute approximate surface area is 119 Å². The number of nitrogens with one attached hydrogen (secondary N) is 2. The zero-order chi connectivity index (χ0) is 14.5. The summed E-state index contributed by atoms with van der Waals surface area (Å²) in [6, 6.07) is 10.1. The molecule has 0 atom stereocenters. The second-order valence-corrected chi connectivity index (χ2v) is 4.42. The molecule has 20 heavy (non-hydrogen) atoms. The molecule has 0 spiro atoms. The fourth-order valence-electron chi connectivity index (χ4n) is 1.72. The zero-order valence-electron chi connectivity index (χ0n) is 10.4. The van der Waals surface area contributed by atoms with Crippen molar-refractivity contribution in [1.29, 1.82) is 0 Å². The Morgan fingerprint density at radius 2 is 2.05 bits per heavy atom. The van der Waals surface area contributed by atoms with Crippen LogP contribution in [-0.4, -0.2) is 15.8 Å². The number of benzene rings is 1. The summed E-state index contributed by atoms with van der Waals surface area (Å²) in [7, 11) is 0. The van der Waals surface area contributed by atoms with Crippen molar-refractivity contribution in [3.05, 3.63) is 63.3 Å². The van der Waals surface area contributed by atoms with E-state index in [1.165, 1.54) is 12.1 Å². The van der Waals surface area contributed by atoms with Gasteiger partial charge in [0.2, 0.25) is 0 Å². The lowest BCUT2D eigenvalue weighted by Crippen LogP contribution is -2.23. The minimum Gasteiger partial charge on any atom is -0.358 e. The van der Waals surface area contributed by atoms with Crippen LogP contribution in [0.4, 0.5) is 5.82 Å². The molecule has 1 aromatic carbocycles. The van der Waals surface area contributed by atoms with Gasteiger partial charge >= 0.3 is 5.82 Å². The van der Waals surface area contributed by atoms with Gasteiger partial charge in [0, 0.05) is 18.5 Å². The highest BCUT2D eigenvalue weighted by Crippen LogP contribution is 2.11. The molecule has 2 aromatic rings. The lowest BCUT2D eigenvalue weighted by atomic mass is 10.1. The Morgan fingerprint density at radius 1 is 1.30 bits per heavy atom. The maximum Gasteiger partial charge on any atom is 0.321 e. The van der Waals surface area contributed by atoms with Crippen LogP contribution >= 0.6 is 11.6 Å². The van der Waals surface area contributed by atoms with E-state index in [0.29, 0.717) is 12.4 Å². The fourth-order valence-corrected chi connectivity index (χ4v) is 1.89. The third kappa shape index (κ3) is 3.36. The Bertz CT molecular complexity index is 639. The molecule has 1 aromatic heterocycles. The third-order valence-corrected chi connectivity index (χ3v) is 3.02. The molecule has 104 valence electrons. The number of nitrogens with zero attached hydrogens (tertiary/aromatic N) is 1. The van der Waals surface area contributed by atoms with Gasteiger partial charge < -0.3 is 15.4 Å². The molecule has 1 heterocycles. The SMILES string of the molecule is O=C(NCc1cccc(CCl)c1)c1ccc([N+](=O)[O-])[nH]1. The third-order valence-electron chi connectivity index (χ3n) is 2.71. The molecule has 0 radical (unpaired) electrons. The molecule has 2 rings (SSSR count). The quantitative estimate of drug-likeness (QED) is 0.504. The molecule has 0 bridgehead atoms. The summed E-state index contributed by atoms with van der Waals surface area (Å²) < 4.78 is 0. The largest absolute Gasteiger partial charge is 0.358 e. The second-order valence-electron chi connectivity index (χ2n) is 4.15. The number of hydrogen-bond donors (Lipinski definition) is 2. The van der Waals surface area contributed by atoms with Crippen LogP contribution in [0.5, 0.6) is 0 Å². The molecule has 0 saturated heterocycles. The van der Waals surface area contributed by atoms with Crippen LogP contribution in [0, 0.1) is 10.1 Å². The molecule has 0 aliphatic heterocycles. The van der Waals surface area contributed by atoms with Gasteiger partial charge in [-0.3, -0.25) is 4.79 Å². The van der Waals surface area contributed by atoms with Crippen molar-refractivity contribution in [2.45, 2.75) is 12.4 Å². The van der Waals surface area contributed by atoms with E-state index in [-0.39, 0.29) is 11.5 Å². The molecular formula is C13H12ClN3O3. The predicted octanol–water partition coefficient (Wildman–Crippen LogP) is 2.59. The number of amides is 1. The van der Waals surface area contributed by atoms with Crippen molar-refractivity contribution in [2.24, 2.45) is 0 Å². The normalized spacial score (nSPS) is 10.2. The van der Waals surface area contributed by atoms with E-state index in [2.05, 4.69) is 10.3 Å². The Morgan fingerprint density at radius 3 is 2.70 bits per heavy atom. The molecule has 1 amide bonds. The molecule has 0 aliphatic carbocycles. The highest BCUT2D eigenvalue weighted by Gasteiger charge is 2.14. The van der Waals surface area contributed by atoms with E-state index in [0.717, 1.165) is 11.1 Å². The van der Waals surface area contributed by atoms with Crippen LogP contribution in [0.2, 0.25) is 0 Å². The lowest BCUT2D eigenvalue weighted by molar-refractivity contribution is -0.389. The van der Waals surface area contributed by atoms with E-state index in [1.54, 1.807) is 0 Å². The Kier molecular flexibility index (Phi) is 4.37. The number of aromatic amines is 1. The van der Waals surface area contributed by atoms with Crippen molar-refractivity contribution in [1.82, 2.24) is 10.3 Å². The predicted molar refractivity (Wildman–Crippen MR) is 74.6 cm³/mol. The first-order valence-corrected chi connectivity index (χ1v) is 6.39. The summed E-state index contributed by atoms with van der Waals surface area (Å²) in [5.41, 5.74) is 2.04. The van der Waals surface area contributed by atoms with Crippen LogP contribution in [0.15, 0.2) is 36.4 Å². The van der Waals surface area contributed by atoms with Crippen molar-refractivity contribution >= 4 is 23.3 Å². The molecular weight excluding hydrogens is 282 g/mol. The highest BCUT2D eigenvalue weighted by molar-refractivity contribution is 6.17. The highest BCUT2D eigenvalue weighted by atomic mass is 35.5. The summed E-state index contributed by atoms with van der Waals surface area (Å²) in [5, 5.41) is 13.2. The van der Waals surface area contributed by atoms with Crippen molar-refractivity contribution in [3.8, 4) is 0 Å². The average molecular weight is 294 g/mol. The smallest absolute Gasteiger partial charge is 0.321 e. The van der Waals surface area contributed by atoms with Crippen LogP contribution in [0.25, 0.3) is 0 Å². The number of carbonyl (C=O) groups is 1. The molecule has 0 aliphatic rings. The van der Waals surface area contributed by atoms with Crippen LogP contribution in [0.1, 0.15) is 21.6 Å². The minimum atomic E-state index is -0.583. The number of halogens is 1. The van der Waals surface area contributed by atoms with Gasteiger partial charge in [0.25, 0.3) is 5.91 Å². The number of H-pyrrole nitrogens is 1. The van der Waals surface area contributed by atoms with Gasteiger partial charge in [-0.2, -0.15) is 0 Å². The van der Waals surface area contributed by atoms with Crippen molar-refractivity contribution < 1.29 is 9.72 Å². The summed E-state index contributed by atoms with van der Waals surface area (Å²) in [6.07, 6.45) is 0. The number of nitro groups is 1. The van der Waals surface area contributed by atoms with Crippen molar-refractivity contribution in [2.75, 3.05) is 0 Å². The maximum absolute atomic E-state index is 11.8. The first-order valence-electron chi connectivity index (χ1n) is 5.85. The Hall–Kier alpha value is -2.34. The van der Waals surface area contributed by atoms with E-state index in [1.807, 2.05) is 24.3 Å². The summed E-state index contributed by atoms with van der Waals surface area (Å²) >= 11 is 5.73. The van der Waals surface area contributed by atoms with Gasteiger partial charge in [0.15, 0.2) is 5.69 Å². The first kappa shape index (κ1) is 14.1. The molecule has 7 heteroatoms. The second kappa shape index (κ2) is 6.21. The number of aromatic nitrogens is 1. The monoisotopic (exact) mass is 293 g/mol. The number of carbonyl (C=O) groups excluding carboxylic acids is 1. The van der Waals surface area contributed by atoms with Gasteiger partial charge in [-0.05, 0) is 22.1 Å². The Balaban J connectivity index is 1.98. The van der Waals surface area contributed by atoms with Crippen molar-refractivity contribution in [3.63, 3.8) is 0 Å². The molecule has 6 nitrogen and oxygen atoms in total. The zero-order valence-corrected chi connectivity index (χ0v) is 11.2.